The van der Waals surface area contributed by atoms with E-state index in [4.69, 9.17) is 5.11 Å². The molecule has 0 bridgehead atoms. The molecular weight excluding hydrogens is 262 g/mol. The molecule has 1 unspecified atom stereocenters. The summed E-state index contributed by atoms with van der Waals surface area (Å²) in [5, 5.41) is 20.7. The van der Waals surface area contributed by atoms with Gasteiger partial charge in [0.25, 0.3) is 5.91 Å². The summed E-state index contributed by atoms with van der Waals surface area (Å²) in [7, 11) is 0. The first kappa shape index (κ1) is 13.9. The molecule has 2 aromatic rings. The van der Waals surface area contributed by atoms with Crippen LogP contribution in [0.5, 0.6) is 0 Å². The predicted molar refractivity (Wildman–Crippen MR) is 70.1 cm³/mol. The van der Waals surface area contributed by atoms with Crippen molar-refractivity contribution >= 4 is 22.9 Å². The second kappa shape index (κ2) is 5.22. The molecule has 3 N–H and O–H groups in total. The number of nitrogens with one attached hydrogen (secondary N) is 1. The average Bonchev–Trinajstić information content (AvgIpc) is 2.44. The molecule has 1 aromatic carbocycles. The zero-order valence-electron chi connectivity index (χ0n) is 10.7. The van der Waals surface area contributed by atoms with Gasteiger partial charge in [-0.3, -0.25) is 14.8 Å². The third-order valence-electron chi connectivity index (χ3n) is 2.80. The summed E-state index contributed by atoms with van der Waals surface area (Å²) < 4.78 is 0. The number of benzene rings is 1. The van der Waals surface area contributed by atoms with Gasteiger partial charge in [-0.25, -0.2) is 4.79 Å². The minimum absolute atomic E-state index is 0.275. The Balaban J connectivity index is 2.22. The van der Waals surface area contributed by atoms with Crippen molar-refractivity contribution in [2.75, 3.05) is 6.54 Å². The quantitative estimate of drug-likeness (QED) is 0.734. The maximum atomic E-state index is 12.0. The van der Waals surface area contributed by atoms with E-state index < -0.39 is 24.0 Å². The van der Waals surface area contributed by atoms with E-state index in [2.05, 4.69) is 15.3 Å². The lowest BCUT2D eigenvalue weighted by Gasteiger charge is -2.18. The lowest BCUT2D eigenvalue weighted by molar-refractivity contribution is -0.155. The number of hydrogen-bond acceptors (Lipinski definition) is 5. The molecule has 1 amide bonds. The molecule has 1 atom stereocenters. The highest BCUT2D eigenvalue weighted by Gasteiger charge is 2.30. The van der Waals surface area contributed by atoms with E-state index in [-0.39, 0.29) is 5.56 Å². The van der Waals surface area contributed by atoms with Gasteiger partial charge in [0.2, 0.25) is 0 Å². The Morgan fingerprint density at radius 3 is 2.70 bits per heavy atom. The lowest BCUT2D eigenvalue weighted by Crippen LogP contribution is -2.46. The van der Waals surface area contributed by atoms with E-state index in [0.717, 1.165) is 6.92 Å². The highest BCUT2D eigenvalue weighted by molar-refractivity contribution is 6.04. The Labute approximate surface area is 114 Å². The molecule has 20 heavy (non-hydrogen) atoms. The largest absolute Gasteiger partial charge is 0.479 e. The van der Waals surface area contributed by atoms with Gasteiger partial charge >= 0.3 is 5.97 Å². The number of fused-ring (bicyclic) bond motifs is 1. The van der Waals surface area contributed by atoms with Crippen molar-refractivity contribution in [1.29, 1.82) is 0 Å². The number of para-hydroxylation sites is 1. The highest BCUT2D eigenvalue weighted by atomic mass is 16.4. The van der Waals surface area contributed by atoms with Gasteiger partial charge in [-0.05, 0) is 19.1 Å². The van der Waals surface area contributed by atoms with Crippen molar-refractivity contribution in [3.63, 3.8) is 0 Å². The van der Waals surface area contributed by atoms with Crippen LogP contribution in [0.1, 0.15) is 17.3 Å². The van der Waals surface area contributed by atoms with Gasteiger partial charge in [0.05, 0.1) is 17.6 Å². The zero-order valence-corrected chi connectivity index (χ0v) is 10.7. The first-order chi connectivity index (χ1) is 9.42. The van der Waals surface area contributed by atoms with Crippen LogP contribution >= 0.6 is 0 Å². The van der Waals surface area contributed by atoms with Crippen LogP contribution in [0.4, 0.5) is 0 Å². The van der Waals surface area contributed by atoms with Crippen molar-refractivity contribution in [2.45, 2.75) is 12.5 Å². The van der Waals surface area contributed by atoms with Gasteiger partial charge in [0.1, 0.15) is 5.52 Å². The molecule has 1 heterocycles. The van der Waals surface area contributed by atoms with Crippen LogP contribution in [0, 0.1) is 0 Å². The third-order valence-corrected chi connectivity index (χ3v) is 2.80. The fraction of sp³-hybridized carbons (Fsp3) is 0.231. The van der Waals surface area contributed by atoms with E-state index in [1.54, 1.807) is 18.2 Å². The predicted octanol–water partition coefficient (Wildman–Crippen LogP) is 0.195. The number of nitrogens with zero attached hydrogens (tertiary/aromatic N) is 2. The molecule has 0 radical (unpaired) electrons. The summed E-state index contributed by atoms with van der Waals surface area (Å²) in [4.78, 5) is 31.0. The van der Waals surface area contributed by atoms with E-state index in [1.807, 2.05) is 0 Å². The maximum Gasteiger partial charge on any atom is 0.337 e. The minimum atomic E-state index is -2.02. The van der Waals surface area contributed by atoms with Crippen LogP contribution in [0.2, 0.25) is 0 Å². The topological polar surface area (TPSA) is 112 Å². The normalized spacial score (nSPS) is 13.7. The molecule has 0 aliphatic rings. The summed E-state index contributed by atoms with van der Waals surface area (Å²) >= 11 is 0. The standard InChI is InChI=1S/C13H13N3O4/c1-13(20,12(18)19)7-16-11(17)8-3-2-4-9-10(8)15-6-5-14-9/h2-6,20H,7H2,1H3,(H,16,17)(H,18,19). The van der Waals surface area contributed by atoms with Crippen molar-refractivity contribution in [1.82, 2.24) is 15.3 Å². The number of aromatic nitrogens is 2. The van der Waals surface area contributed by atoms with Crippen LogP contribution in [0.25, 0.3) is 11.0 Å². The van der Waals surface area contributed by atoms with Gasteiger partial charge < -0.3 is 15.5 Å². The van der Waals surface area contributed by atoms with Crippen molar-refractivity contribution in [3.8, 4) is 0 Å². The van der Waals surface area contributed by atoms with E-state index >= 15 is 0 Å². The fourth-order valence-electron chi connectivity index (χ4n) is 1.60. The minimum Gasteiger partial charge on any atom is -0.479 e. The Kier molecular flexibility index (Phi) is 3.62. The smallest absolute Gasteiger partial charge is 0.337 e. The van der Waals surface area contributed by atoms with Gasteiger partial charge in [-0.1, -0.05) is 6.07 Å². The van der Waals surface area contributed by atoms with Crippen molar-refractivity contribution < 1.29 is 19.8 Å². The van der Waals surface area contributed by atoms with Crippen LogP contribution in [0.15, 0.2) is 30.6 Å². The van der Waals surface area contributed by atoms with Gasteiger partial charge in [0, 0.05) is 12.4 Å². The molecular formula is C13H13N3O4. The summed E-state index contributed by atoms with van der Waals surface area (Å²) in [5.74, 6) is -1.92. The first-order valence-electron chi connectivity index (χ1n) is 5.85. The summed E-state index contributed by atoms with van der Waals surface area (Å²) in [6.07, 6.45) is 2.98. The molecule has 1 aromatic heterocycles. The second-order valence-corrected chi connectivity index (χ2v) is 4.49. The Hall–Kier alpha value is -2.54. The molecule has 104 valence electrons. The Morgan fingerprint density at radius 1 is 1.30 bits per heavy atom. The first-order valence-corrected chi connectivity index (χ1v) is 5.85. The number of hydrogen-bond donors (Lipinski definition) is 3. The molecule has 0 aliphatic carbocycles. The monoisotopic (exact) mass is 275 g/mol. The summed E-state index contributed by atoms with van der Waals surface area (Å²) in [6, 6.07) is 4.93. The van der Waals surface area contributed by atoms with Crippen molar-refractivity contribution in [2.24, 2.45) is 0 Å². The number of rotatable bonds is 4. The van der Waals surface area contributed by atoms with Gasteiger partial charge in [-0.15, -0.1) is 0 Å². The van der Waals surface area contributed by atoms with Crippen LogP contribution in [0.3, 0.4) is 0 Å². The SMILES string of the molecule is CC(O)(CNC(=O)c1cccc2nccnc12)C(=O)O. The number of carbonyl (C=O) groups excluding carboxylic acids is 1. The number of amides is 1. The van der Waals surface area contributed by atoms with E-state index in [1.165, 1.54) is 12.4 Å². The summed E-state index contributed by atoms with van der Waals surface area (Å²) in [6.45, 7) is 0.705. The molecule has 0 fully saturated rings. The van der Waals surface area contributed by atoms with Gasteiger partial charge in [0.15, 0.2) is 5.60 Å². The molecule has 7 heteroatoms. The fourth-order valence-corrected chi connectivity index (χ4v) is 1.60. The molecule has 0 saturated heterocycles. The van der Waals surface area contributed by atoms with E-state index in [0.29, 0.717) is 11.0 Å². The number of carbonyl (C=O) groups is 2. The van der Waals surface area contributed by atoms with Crippen LogP contribution < -0.4 is 5.32 Å². The molecule has 2 rings (SSSR count). The second-order valence-electron chi connectivity index (χ2n) is 4.49. The number of aliphatic hydroxyl groups is 1. The average molecular weight is 275 g/mol. The number of carboxylic acids is 1. The lowest BCUT2D eigenvalue weighted by atomic mass is 10.1. The Bertz CT molecular complexity index is 664. The highest BCUT2D eigenvalue weighted by Crippen LogP contribution is 2.13. The molecule has 0 spiro atoms. The number of aliphatic carboxylic acids is 1. The Morgan fingerprint density at radius 2 is 2.00 bits per heavy atom. The van der Waals surface area contributed by atoms with Crippen molar-refractivity contribution in [3.05, 3.63) is 36.2 Å². The third kappa shape index (κ3) is 2.72. The summed E-state index contributed by atoms with van der Waals surface area (Å²) in [5.41, 5.74) is -0.768. The molecule has 7 nitrogen and oxygen atoms in total. The van der Waals surface area contributed by atoms with E-state index in [9.17, 15) is 14.7 Å². The number of carboxylic acid groups (broad SMARTS) is 1. The molecule has 0 saturated carbocycles. The van der Waals surface area contributed by atoms with Gasteiger partial charge in [-0.2, -0.15) is 0 Å². The zero-order chi connectivity index (χ0) is 14.8. The maximum absolute atomic E-state index is 12.0. The van der Waals surface area contributed by atoms with Crippen LogP contribution in [-0.2, 0) is 4.79 Å². The van der Waals surface area contributed by atoms with Crippen LogP contribution in [-0.4, -0.2) is 44.2 Å². The molecule has 0 aliphatic heterocycles.